The van der Waals surface area contributed by atoms with Crippen LogP contribution in [0.15, 0.2) is 9.72 Å². The second kappa shape index (κ2) is 7.01. The fourth-order valence-electron chi connectivity index (χ4n) is 3.76. The van der Waals surface area contributed by atoms with E-state index in [2.05, 4.69) is 16.8 Å². The molecular weight excluding hydrogens is 346 g/mol. The number of hydrogen-bond donors (Lipinski definition) is 1. The van der Waals surface area contributed by atoms with E-state index in [4.69, 9.17) is 0 Å². The van der Waals surface area contributed by atoms with Crippen LogP contribution in [0.25, 0.3) is 0 Å². The van der Waals surface area contributed by atoms with Gasteiger partial charge in [0, 0.05) is 43.2 Å². The summed E-state index contributed by atoms with van der Waals surface area (Å²) in [4.78, 5) is 32.8. The number of carbonyl (C=O) groups is 2. The lowest BCUT2D eigenvalue weighted by Crippen LogP contribution is -2.42. The maximum atomic E-state index is 12.5. The SMILES string of the molecule is CCCN1C[C@@H]2CN(C(=O)CSc3nc(C)cs3)C[C@]2(C(=O)O)C1. The van der Waals surface area contributed by atoms with Gasteiger partial charge in [-0.25, -0.2) is 4.98 Å². The number of thioether (sulfide) groups is 1. The van der Waals surface area contributed by atoms with Crippen LogP contribution in [0.2, 0.25) is 0 Å². The Morgan fingerprint density at radius 2 is 2.25 bits per heavy atom. The van der Waals surface area contributed by atoms with Crippen molar-refractivity contribution in [1.82, 2.24) is 14.8 Å². The van der Waals surface area contributed by atoms with E-state index in [0.29, 0.717) is 25.4 Å². The molecule has 0 aromatic carbocycles. The van der Waals surface area contributed by atoms with Crippen LogP contribution in [0.5, 0.6) is 0 Å². The highest BCUT2D eigenvalue weighted by Gasteiger charge is 2.58. The van der Waals surface area contributed by atoms with Gasteiger partial charge in [-0.15, -0.1) is 11.3 Å². The lowest BCUT2D eigenvalue weighted by Gasteiger charge is -2.25. The van der Waals surface area contributed by atoms with E-state index in [1.54, 1.807) is 16.2 Å². The van der Waals surface area contributed by atoms with E-state index in [1.165, 1.54) is 11.8 Å². The molecule has 2 saturated heterocycles. The fourth-order valence-corrected chi connectivity index (χ4v) is 5.51. The number of thiazole rings is 1. The van der Waals surface area contributed by atoms with Gasteiger partial charge < -0.3 is 14.9 Å². The summed E-state index contributed by atoms with van der Waals surface area (Å²) in [5.41, 5.74) is 0.180. The van der Waals surface area contributed by atoms with Crippen LogP contribution in [-0.4, -0.2) is 70.2 Å². The molecule has 1 aromatic rings. The van der Waals surface area contributed by atoms with E-state index in [1.807, 2.05) is 12.3 Å². The van der Waals surface area contributed by atoms with E-state index >= 15 is 0 Å². The highest BCUT2D eigenvalue weighted by molar-refractivity contribution is 8.01. The number of carbonyl (C=O) groups excluding carboxylic acids is 1. The number of aliphatic carboxylic acids is 1. The van der Waals surface area contributed by atoms with Crippen molar-refractivity contribution < 1.29 is 14.7 Å². The Morgan fingerprint density at radius 3 is 2.83 bits per heavy atom. The van der Waals surface area contributed by atoms with Gasteiger partial charge in [0.15, 0.2) is 4.34 Å². The molecule has 1 amide bonds. The van der Waals surface area contributed by atoms with Crippen LogP contribution in [-0.2, 0) is 9.59 Å². The minimum atomic E-state index is -0.784. The standard InChI is InChI=1S/C16H23N3O3S2/c1-3-4-18-5-12-6-19(10-16(12,9-18)14(21)22)13(20)8-24-15-17-11(2)7-23-15/h7,12H,3-6,8-10H2,1-2H3,(H,21,22)/t12-,16-/m1/s1. The minimum absolute atomic E-state index is 0.0184. The Balaban J connectivity index is 1.61. The van der Waals surface area contributed by atoms with Crippen molar-refractivity contribution in [2.45, 2.75) is 24.6 Å². The Hall–Kier alpha value is -1.12. The molecule has 2 atom stereocenters. The number of hydrogen-bond acceptors (Lipinski definition) is 6. The third-order valence-corrected chi connectivity index (χ3v) is 7.04. The van der Waals surface area contributed by atoms with Crippen LogP contribution < -0.4 is 0 Å². The number of fused-ring (bicyclic) bond motifs is 1. The van der Waals surface area contributed by atoms with E-state index in [0.717, 1.165) is 29.5 Å². The molecule has 8 heteroatoms. The molecule has 2 fully saturated rings. The van der Waals surface area contributed by atoms with E-state index in [9.17, 15) is 14.7 Å². The van der Waals surface area contributed by atoms with Crippen molar-refractivity contribution in [1.29, 1.82) is 0 Å². The summed E-state index contributed by atoms with van der Waals surface area (Å²) in [5.74, 6) is -0.374. The van der Waals surface area contributed by atoms with Gasteiger partial charge in [-0.05, 0) is 19.9 Å². The van der Waals surface area contributed by atoms with Crippen molar-refractivity contribution in [2.75, 3.05) is 38.5 Å². The molecule has 24 heavy (non-hydrogen) atoms. The Labute approximate surface area is 150 Å². The highest BCUT2D eigenvalue weighted by Crippen LogP contribution is 2.43. The smallest absolute Gasteiger partial charge is 0.313 e. The first kappa shape index (κ1) is 17.7. The predicted octanol–water partition coefficient (Wildman–Crippen LogP) is 1.80. The maximum Gasteiger partial charge on any atom is 0.313 e. The van der Waals surface area contributed by atoms with Crippen LogP contribution in [0.4, 0.5) is 0 Å². The molecule has 0 unspecified atom stereocenters. The van der Waals surface area contributed by atoms with Gasteiger partial charge in [0.05, 0.1) is 5.75 Å². The zero-order chi connectivity index (χ0) is 17.3. The molecular formula is C16H23N3O3S2. The quantitative estimate of drug-likeness (QED) is 0.771. The summed E-state index contributed by atoms with van der Waals surface area (Å²) in [6.07, 6.45) is 1.02. The topological polar surface area (TPSA) is 73.7 Å². The van der Waals surface area contributed by atoms with Crippen molar-refractivity contribution in [3.05, 3.63) is 11.1 Å². The number of aryl methyl sites for hydroxylation is 1. The van der Waals surface area contributed by atoms with Crippen LogP contribution >= 0.6 is 23.1 Å². The van der Waals surface area contributed by atoms with Crippen molar-refractivity contribution in [2.24, 2.45) is 11.3 Å². The summed E-state index contributed by atoms with van der Waals surface area (Å²) >= 11 is 2.98. The molecule has 2 aliphatic rings. The molecule has 1 N–H and O–H groups in total. The molecule has 6 nitrogen and oxygen atoms in total. The largest absolute Gasteiger partial charge is 0.481 e. The Bertz CT molecular complexity index is 636. The molecule has 1 aromatic heterocycles. The number of carboxylic acid groups (broad SMARTS) is 1. The Morgan fingerprint density at radius 1 is 1.46 bits per heavy atom. The highest BCUT2D eigenvalue weighted by atomic mass is 32.2. The van der Waals surface area contributed by atoms with Crippen LogP contribution in [0.3, 0.4) is 0 Å². The lowest BCUT2D eigenvalue weighted by atomic mass is 9.81. The zero-order valence-electron chi connectivity index (χ0n) is 14.0. The summed E-state index contributed by atoms with van der Waals surface area (Å²) in [6, 6.07) is 0. The van der Waals surface area contributed by atoms with Gasteiger partial charge in [-0.2, -0.15) is 0 Å². The average molecular weight is 370 g/mol. The average Bonchev–Trinajstić information content (AvgIpc) is 3.17. The summed E-state index contributed by atoms with van der Waals surface area (Å²) in [6.45, 7) is 7.20. The van der Waals surface area contributed by atoms with E-state index in [-0.39, 0.29) is 11.8 Å². The molecule has 3 heterocycles. The third-order valence-electron chi connectivity index (χ3n) is 4.92. The van der Waals surface area contributed by atoms with Gasteiger partial charge in [0.1, 0.15) is 5.41 Å². The predicted molar refractivity (Wildman–Crippen MR) is 94.4 cm³/mol. The van der Waals surface area contributed by atoms with Gasteiger partial charge in [-0.3, -0.25) is 9.59 Å². The molecule has 0 aliphatic carbocycles. The molecule has 132 valence electrons. The second-order valence-corrected chi connectivity index (χ2v) is 8.79. The zero-order valence-corrected chi connectivity index (χ0v) is 15.7. The summed E-state index contributed by atoms with van der Waals surface area (Å²) < 4.78 is 0.891. The monoisotopic (exact) mass is 369 g/mol. The van der Waals surface area contributed by atoms with Gasteiger partial charge >= 0.3 is 5.97 Å². The summed E-state index contributed by atoms with van der Waals surface area (Å²) in [7, 11) is 0. The lowest BCUT2D eigenvalue weighted by molar-refractivity contribution is -0.149. The molecule has 0 saturated carbocycles. The third kappa shape index (κ3) is 3.32. The minimum Gasteiger partial charge on any atom is -0.481 e. The van der Waals surface area contributed by atoms with E-state index < -0.39 is 11.4 Å². The van der Waals surface area contributed by atoms with Crippen molar-refractivity contribution in [3.8, 4) is 0 Å². The molecule has 3 rings (SSSR count). The number of aromatic nitrogens is 1. The van der Waals surface area contributed by atoms with Gasteiger partial charge in [-0.1, -0.05) is 18.7 Å². The number of likely N-dealkylation sites (tertiary alicyclic amines) is 2. The first-order valence-corrected chi connectivity index (χ1v) is 10.1. The van der Waals surface area contributed by atoms with Gasteiger partial charge in [0.2, 0.25) is 5.91 Å². The van der Waals surface area contributed by atoms with Crippen LogP contribution in [0, 0.1) is 18.3 Å². The number of nitrogens with zero attached hydrogens (tertiary/aromatic N) is 3. The first-order chi connectivity index (χ1) is 11.4. The molecule has 2 aliphatic heterocycles. The maximum absolute atomic E-state index is 12.5. The Kier molecular flexibility index (Phi) is 5.17. The van der Waals surface area contributed by atoms with Crippen molar-refractivity contribution in [3.63, 3.8) is 0 Å². The normalized spacial score (nSPS) is 26.8. The number of carboxylic acids is 1. The fraction of sp³-hybridized carbons (Fsp3) is 0.688. The van der Waals surface area contributed by atoms with Crippen LogP contribution in [0.1, 0.15) is 19.0 Å². The number of amides is 1. The summed E-state index contributed by atoms with van der Waals surface area (Å²) in [5, 5.41) is 11.8. The molecule has 0 bridgehead atoms. The molecule has 0 radical (unpaired) electrons. The number of rotatable bonds is 6. The second-order valence-electron chi connectivity index (χ2n) is 6.71. The molecule has 0 spiro atoms. The van der Waals surface area contributed by atoms with Crippen molar-refractivity contribution >= 4 is 35.0 Å². The first-order valence-electron chi connectivity index (χ1n) is 8.23. The van der Waals surface area contributed by atoms with Gasteiger partial charge in [0.25, 0.3) is 0 Å².